The lowest BCUT2D eigenvalue weighted by molar-refractivity contribution is -0.210. The Bertz CT molecular complexity index is 227. The second-order valence-electron chi connectivity index (χ2n) is 3.15. The summed E-state index contributed by atoms with van der Waals surface area (Å²) < 4.78 is 9.98. The molecule has 0 saturated heterocycles. The number of ether oxygens (including phenoxy) is 2. The quantitative estimate of drug-likeness (QED) is 0.587. The summed E-state index contributed by atoms with van der Waals surface area (Å²) in [5.74, 6) is -1.21. The minimum absolute atomic E-state index is 0.247. The van der Waals surface area contributed by atoms with Crippen molar-refractivity contribution in [3.63, 3.8) is 0 Å². The third-order valence-electron chi connectivity index (χ3n) is 1.38. The Kier molecular flexibility index (Phi) is 2.10. The summed E-state index contributed by atoms with van der Waals surface area (Å²) in [6, 6.07) is 0. The second-order valence-corrected chi connectivity index (χ2v) is 3.15. The van der Waals surface area contributed by atoms with E-state index in [4.69, 9.17) is 14.6 Å². The number of cyclic esters (lactones) is 1. The van der Waals surface area contributed by atoms with Crippen molar-refractivity contribution in [1.29, 1.82) is 0 Å². The van der Waals surface area contributed by atoms with Gasteiger partial charge in [0.15, 0.2) is 0 Å². The molecule has 68 valence electrons. The van der Waals surface area contributed by atoms with Crippen LogP contribution in [0.1, 0.15) is 20.8 Å². The van der Waals surface area contributed by atoms with E-state index in [2.05, 4.69) is 0 Å². The number of rotatable bonds is 1. The molecule has 1 atom stereocenters. The van der Waals surface area contributed by atoms with Crippen LogP contribution in [0, 0.1) is 0 Å². The molecule has 1 heterocycles. The van der Waals surface area contributed by atoms with Gasteiger partial charge >= 0.3 is 5.97 Å². The van der Waals surface area contributed by atoms with Crippen LogP contribution >= 0.6 is 0 Å². The summed E-state index contributed by atoms with van der Waals surface area (Å²) in [4.78, 5) is 10.9. The van der Waals surface area contributed by atoms with Crippen LogP contribution < -0.4 is 0 Å². The van der Waals surface area contributed by atoms with Gasteiger partial charge in [0.1, 0.15) is 11.9 Å². The second kappa shape index (κ2) is 2.79. The van der Waals surface area contributed by atoms with Crippen molar-refractivity contribution < 1.29 is 19.4 Å². The molecule has 0 spiro atoms. The summed E-state index contributed by atoms with van der Waals surface area (Å²) in [5.41, 5.74) is 0. The maximum absolute atomic E-state index is 10.9. The predicted molar refractivity (Wildman–Crippen MR) is 41.0 cm³/mol. The highest BCUT2D eigenvalue weighted by atomic mass is 16.7. The minimum Gasteiger partial charge on any atom is -0.454 e. The third-order valence-corrected chi connectivity index (χ3v) is 1.38. The maximum atomic E-state index is 10.9. The molecule has 0 amide bonds. The Balaban J connectivity index is 2.84. The summed E-state index contributed by atoms with van der Waals surface area (Å²) in [7, 11) is 0. The van der Waals surface area contributed by atoms with E-state index in [0.29, 0.717) is 0 Å². The molecule has 4 nitrogen and oxygen atoms in total. The molecule has 0 aliphatic carbocycles. The normalized spacial score (nSPS) is 23.7. The number of aliphatic hydroxyl groups excluding tert-OH is 1. The van der Waals surface area contributed by atoms with Crippen molar-refractivity contribution in [3.8, 4) is 0 Å². The molecule has 4 heteroatoms. The lowest BCUT2D eigenvalue weighted by Crippen LogP contribution is -2.36. The Morgan fingerprint density at radius 1 is 1.50 bits per heavy atom. The highest BCUT2D eigenvalue weighted by Gasteiger charge is 2.31. The van der Waals surface area contributed by atoms with E-state index >= 15 is 0 Å². The van der Waals surface area contributed by atoms with E-state index in [-0.39, 0.29) is 5.76 Å². The number of carbonyl (C=O) groups excluding carboxylic acids is 1. The molecule has 12 heavy (non-hydrogen) atoms. The van der Waals surface area contributed by atoms with Crippen LogP contribution in [-0.4, -0.2) is 23.0 Å². The van der Waals surface area contributed by atoms with Gasteiger partial charge < -0.3 is 14.6 Å². The number of esters is 1. The van der Waals surface area contributed by atoms with E-state index < -0.39 is 17.9 Å². The lowest BCUT2D eigenvalue weighted by Gasteiger charge is -2.31. The van der Waals surface area contributed by atoms with Gasteiger partial charge in [-0.1, -0.05) is 0 Å². The number of hydrogen-bond acceptors (Lipinski definition) is 4. The lowest BCUT2D eigenvalue weighted by atomic mass is 10.2. The molecule has 0 aromatic rings. The molecule has 0 saturated carbocycles. The molecule has 1 aliphatic heterocycles. The summed E-state index contributed by atoms with van der Waals surface area (Å²) in [5, 5.41) is 9.13. The SMILES string of the molecule is C[C@H](O)C1=CC(=O)OC(C)(C)O1. The topological polar surface area (TPSA) is 55.8 Å². The van der Waals surface area contributed by atoms with Crippen molar-refractivity contribution in [2.24, 2.45) is 0 Å². The molecule has 0 fully saturated rings. The van der Waals surface area contributed by atoms with Gasteiger partial charge in [0, 0.05) is 13.8 Å². The molecule has 0 aromatic heterocycles. The molecule has 1 rings (SSSR count). The number of aliphatic hydroxyl groups is 1. The largest absolute Gasteiger partial charge is 0.454 e. The van der Waals surface area contributed by atoms with E-state index in [1.54, 1.807) is 13.8 Å². The first-order valence-electron chi connectivity index (χ1n) is 3.72. The first-order chi connectivity index (χ1) is 5.41. The highest BCUT2D eigenvalue weighted by molar-refractivity contribution is 5.83. The Morgan fingerprint density at radius 3 is 2.50 bits per heavy atom. The van der Waals surface area contributed by atoms with Gasteiger partial charge in [0.25, 0.3) is 0 Å². The van der Waals surface area contributed by atoms with Gasteiger partial charge in [0.2, 0.25) is 5.79 Å². The van der Waals surface area contributed by atoms with Crippen molar-refractivity contribution in [1.82, 2.24) is 0 Å². The molecular weight excluding hydrogens is 160 g/mol. The van der Waals surface area contributed by atoms with Gasteiger partial charge in [-0.25, -0.2) is 4.79 Å². The van der Waals surface area contributed by atoms with E-state index in [1.165, 1.54) is 6.92 Å². The zero-order chi connectivity index (χ0) is 9.35. The smallest absolute Gasteiger partial charge is 0.337 e. The Labute approximate surface area is 70.8 Å². The standard InChI is InChI=1S/C8H12O4/c1-5(9)6-4-7(10)12-8(2,3)11-6/h4-5,9H,1-3H3/t5-/m0/s1. The van der Waals surface area contributed by atoms with Crippen LogP contribution in [0.4, 0.5) is 0 Å². The third kappa shape index (κ3) is 1.98. The van der Waals surface area contributed by atoms with Crippen LogP contribution in [0.3, 0.4) is 0 Å². The summed E-state index contributed by atoms with van der Waals surface area (Å²) >= 11 is 0. The van der Waals surface area contributed by atoms with Gasteiger partial charge in [0.05, 0.1) is 6.08 Å². The predicted octanol–water partition coefficient (Wildman–Crippen LogP) is 0.561. The van der Waals surface area contributed by atoms with E-state index in [0.717, 1.165) is 6.08 Å². The zero-order valence-corrected chi connectivity index (χ0v) is 7.33. The van der Waals surface area contributed by atoms with Crippen LogP contribution in [-0.2, 0) is 14.3 Å². The Morgan fingerprint density at radius 2 is 2.08 bits per heavy atom. The summed E-state index contributed by atoms with van der Waals surface area (Å²) in [6.07, 6.45) is 0.368. The van der Waals surface area contributed by atoms with Crippen molar-refractivity contribution in [2.75, 3.05) is 0 Å². The van der Waals surface area contributed by atoms with Gasteiger partial charge in [-0.2, -0.15) is 0 Å². The van der Waals surface area contributed by atoms with Crippen molar-refractivity contribution in [2.45, 2.75) is 32.7 Å². The van der Waals surface area contributed by atoms with Gasteiger partial charge in [-0.15, -0.1) is 0 Å². The highest BCUT2D eigenvalue weighted by Crippen LogP contribution is 2.23. The first-order valence-corrected chi connectivity index (χ1v) is 3.72. The average molecular weight is 172 g/mol. The van der Waals surface area contributed by atoms with Crippen LogP contribution in [0.5, 0.6) is 0 Å². The van der Waals surface area contributed by atoms with Crippen LogP contribution in [0.15, 0.2) is 11.8 Å². The van der Waals surface area contributed by atoms with Gasteiger partial charge in [-0.05, 0) is 6.92 Å². The average Bonchev–Trinajstić information content (AvgIpc) is 1.82. The number of carbonyl (C=O) groups is 1. The molecule has 0 bridgehead atoms. The molecule has 1 aliphatic rings. The van der Waals surface area contributed by atoms with E-state index in [9.17, 15) is 4.79 Å². The summed E-state index contributed by atoms with van der Waals surface area (Å²) in [6.45, 7) is 4.75. The zero-order valence-electron chi connectivity index (χ0n) is 7.33. The Hall–Kier alpha value is -1.03. The van der Waals surface area contributed by atoms with Crippen LogP contribution in [0.2, 0.25) is 0 Å². The molecule has 0 unspecified atom stereocenters. The van der Waals surface area contributed by atoms with Crippen molar-refractivity contribution >= 4 is 5.97 Å². The fourth-order valence-corrected chi connectivity index (χ4v) is 0.928. The molecule has 1 N–H and O–H groups in total. The molecular formula is C8H12O4. The van der Waals surface area contributed by atoms with Crippen molar-refractivity contribution in [3.05, 3.63) is 11.8 Å². The van der Waals surface area contributed by atoms with E-state index in [1.807, 2.05) is 0 Å². The monoisotopic (exact) mass is 172 g/mol. The molecule has 0 aromatic carbocycles. The number of hydrogen-bond donors (Lipinski definition) is 1. The fraction of sp³-hybridized carbons (Fsp3) is 0.625. The maximum Gasteiger partial charge on any atom is 0.337 e. The van der Waals surface area contributed by atoms with Crippen LogP contribution in [0.25, 0.3) is 0 Å². The fourth-order valence-electron chi connectivity index (χ4n) is 0.928. The minimum atomic E-state index is -0.974. The van der Waals surface area contributed by atoms with Gasteiger partial charge in [-0.3, -0.25) is 0 Å². The first kappa shape index (κ1) is 9.06. The molecule has 0 radical (unpaired) electrons.